The number of amides is 2. The largest absolute Gasteiger partial charge is 0.480 e. The fourth-order valence-electron chi connectivity index (χ4n) is 6.13. The van der Waals surface area contributed by atoms with Crippen molar-refractivity contribution in [2.45, 2.75) is 62.9 Å². The minimum Gasteiger partial charge on any atom is -0.480 e. The van der Waals surface area contributed by atoms with Gasteiger partial charge in [-0.15, -0.1) is 0 Å². The van der Waals surface area contributed by atoms with Gasteiger partial charge in [-0.25, -0.2) is 9.59 Å². The molecule has 3 aliphatic rings. The minimum absolute atomic E-state index is 0.0298. The zero-order valence-corrected chi connectivity index (χ0v) is 20.0. The van der Waals surface area contributed by atoms with Gasteiger partial charge in [0.2, 0.25) is 5.91 Å². The highest BCUT2D eigenvalue weighted by molar-refractivity contribution is 5.89. The maximum absolute atomic E-state index is 13.4. The smallest absolute Gasteiger partial charge is 0.407 e. The lowest BCUT2D eigenvalue weighted by molar-refractivity contribution is -0.157. The number of ether oxygens (including phenoxy) is 1. The van der Waals surface area contributed by atoms with E-state index in [1.165, 1.54) is 16.0 Å². The molecule has 0 radical (unpaired) electrons. The van der Waals surface area contributed by atoms with Crippen molar-refractivity contribution in [3.63, 3.8) is 0 Å². The molecule has 0 bridgehead atoms. The second-order valence-corrected chi connectivity index (χ2v) is 10.1. The number of nitrogens with zero attached hydrogens (tertiary/aromatic N) is 1. The lowest BCUT2D eigenvalue weighted by atomic mass is 9.82. The molecule has 3 atom stereocenters. The number of carbonyl (C=O) groups is 3. The zero-order chi connectivity index (χ0) is 24.6. The van der Waals surface area contributed by atoms with E-state index in [1.54, 1.807) is 6.92 Å². The molecule has 2 N–H and O–H groups in total. The van der Waals surface area contributed by atoms with E-state index >= 15 is 0 Å². The van der Waals surface area contributed by atoms with Crippen LogP contribution < -0.4 is 5.32 Å². The van der Waals surface area contributed by atoms with Crippen molar-refractivity contribution in [1.29, 1.82) is 0 Å². The lowest BCUT2D eigenvalue weighted by Crippen LogP contribution is -2.56. The normalized spacial score (nSPS) is 25.6. The van der Waals surface area contributed by atoms with Crippen LogP contribution in [0, 0.1) is 5.92 Å². The van der Waals surface area contributed by atoms with Crippen LogP contribution >= 0.6 is 0 Å². The monoisotopic (exact) mass is 476 g/mol. The van der Waals surface area contributed by atoms with Gasteiger partial charge in [0.15, 0.2) is 0 Å². The molecular formula is C28H32N2O5. The molecule has 2 aromatic carbocycles. The standard InChI is InChI=1S/C28H32N2O5/c1-28(26(32)33)15-8-16-30(28)25(31)22-13-6-7-14-24(22)29-27(34)35-17-23-20-11-4-2-9-18(20)19-10-3-5-12-21(19)23/h2-5,9-12,22-24H,6-8,13-17H2,1H3,(H,29,34)(H,32,33). The van der Waals surface area contributed by atoms with Crippen LogP contribution in [0.5, 0.6) is 0 Å². The first-order valence-electron chi connectivity index (χ1n) is 12.6. The fourth-order valence-corrected chi connectivity index (χ4v) is 6.13. The maximum Gasteiger partial charge on any atom is 0.407 e. The van der Waals surface area contributed by atoms with E-state index in [1.807, 2.05) is 24.3 Å². The summed E-state index contributed by atoms with van der Waals surface area (Å²) < 4.78 is 5.71. The molecule has 1 saturated carbocycles. The van der Waals surface area contributed by atoms with Crippen molar-refractivity contribution < 1.29 is 24.2 Å². The molecule has 2 aromatic rings. The van der Waals surface area contributed by atoms with Gasteiger partial charge in [0.25, 0.3) is 0 Å². The highest BCUT2D eigenvalue weighted by atomic mass is 16.5. The summed E-state index contributed by atoms with van der Waals surface area (Å²) >= 11 is 0. The molecular weight excluding hydrogens is 444 g/mol. The van der Waals surface area contributed by atoms with Crippen molar-refractivity contribution in [3.8, 4) is 11.1 Å². The zero-order valence-electron chi connectivity index (χ0n) is 20.0. The number of carboxylic acids is 1. The number of fused-ring (bicyclic) bond motifs is 3. The topological polar surface area (TPSA) is 95.9 Å². The number of carbonyl (C=O) groups excluding carboxylic acids is 2. The van der Waals surface area contributed by atoms with E-state index in [0.717, 1.165) is 24.0 Å². The van der Waals surface area contributed by atoms with E-state index in [9.17, 15) is 19.5 Å². The van der Waals surface area contributed by atoms with Crippen LogP contribution in [-0.2, 0) is 14.3 Å². The molecule has 7 nitrogen and oxygen atoms in total. The van der Waals surface area contributed by atoms with Crippen LogP contribution in [0.3, 0.4) is 0 Å². The van der Waals surface area contributed by atoms with Crippen molar-refractivity contribution in [2.24, 2.45) is 5.92 Å². The van der Waals surface area contributed by atoms with E-state index in [4.69, 9.17) is 4.74 Å². The predicted octanol–water partition coefficient (Wildman–Crippen LogP) is 4.55. The molecule has 3 unspecified atom stereocenters. The third kappa shape index (κ3) is 4.17. The van der Waals surface area contributed by atoms with Crippen molar-refractivity contribution >= 4 is 18.0 Å². The van der Waals surface area contributed by atoms with Crippen LogP contribution in [0.2, 0.25) is 0 Å². The average Bonchev–Trinajstić information content (AvgIpc) is 3.42. The Balaban J connectivity index is 1.26. The summed E-state index contributed by atoms with van der Waals surface area (Å²) in [5.74, 6) is -1.60. The van der Waals surface area contributed by atoms with E-state index in [0.29, 0.717) is 32.2 Å². The number of hydrogen-bond donors (Lipinski definition) is 2. The quantitative estimate of drug-likeness (QED) is 0.660. The Hall–Kier alpha value is -3.35. The number of nitrogens with one attached hydrogen (secondary N) is 1. The van der Waals surface area contributed by atoms with Gasteiger partial charge in [-0.3, -0.25) is 4.79 Å². The molecule has 5 rings (SSSR count). The van der Waals surface area contributed by atoms with Crippen molar-refractivity contribution in [2.75, 3.05) is 13.2 Å². The van der Waals surface area contributed by atoms with Gasteiger partial charge < -0.3 is 20.1 Å². The Kier molecular flexibility index (Phi) is 6.26. The molecule has 35 heavy (non-hydrogen) atoms. The molecule has 2 amide bonds. The van der Waals surface area contributed by atoms with Gasteiger partial charge in [0.1, 0.15) is 12.1 Å². The predicted molar refractivity (Wildman–Crippen MR) is 131 cm³/mol. The van der Waals surface area contributed by atoms with E-state index in [2.05, 4.69) is 29.6 Å². The minimum atomic E-state index is -1.18. The first-order chi connectivity index (χ1) is 16.9. The van der Waals surface area contributed by atoms with Gasteiger partial charge >= 0.3 is 12.1 Å². The second-order valence-electron chi connectivity index (χ2n) is 10.1. The Labute approximate surface area is 205 Å². The van der Waals surface area contributed by atoms with Gasteiger partial charge in [0, 0.05) is 18.5 Å². The molecule has 7 heteroatoms. The van der Waals surface area contributed by atoms with Gasteiger partial charge in [0.05, 0.1) is 5.92 Å². The summed E-state index contributed by atoms with van der Waals surface area (Å²) in [6.45, 7) is 2.28. The SMILES string of the molecule is CC1(C(=O)O)CCCN1C(=O)C1CCCCC1NC(=O)OCC1c2ccccc2-c2ccccc21. The van der Waals surface area contributed by atoms with E-state index < -0.39 is 23.5 Å². The number of benzene rings is 2. The van der Waals surface area contributed by atoms with Crippen molar-refractivity contribution in [3.05, 3.63) is 59.7 Å². The van der Waals surface area contributed by atoms with Crippen LogP contribution in [0.15, 0.2) is 48.5 Å². The molecule has 1 aliphatic heterocycles. The van der Waals surface area contributed by atoms with Crippen LogP contribution in [0.1, 0.15) is 62.5 Å². The molecule has 1 saturated heterocycles. The van der Waals surface area contributed by atoms with Gasteiger partial charge in [-0.2, -0.15) is 0 Å². The maximum atomic E-state index is 13.4. The summed E-state index contributed by atoms with van der Waals surface area (Å²) in [5, 5.41) is 12.7. The summed E-state index contributed by atoms with van der Waals surface area (Å²) in [7, 11) is 0. The number of alkyl carbamates (subject to hydrolysis) is 1. The molecule has 0 spiro atoms. The summed E-state index contributed by atoms with van der Waals surface area (Å²) in [5.41, 5.74) is 3.45. The third-order valence-corrected chi connectivity index (χ3v) is 8.10. The second kappa shape index (κ2) is 9.36. The van der Waals surface area contributed by atoms with Gasteiger partial charge in [-0.1, -0.05) is 61.4 Å². The van der Waals surface area contributed by atoms with E-state index in [-0.39, 0.29) is 24.5 Å². The highest BCUT2D eigenvalue weighted by Crippen LogP contribution is 2.44. The first-order valence-corrected chi connectivity index (χ1v) is 12.6. The number of likely N-dealkylation sites (tertiary alicyclic amines) is 1. The third-order valence-electron chi connectivity index (χ3n) is 8.10. The number of hydrogen-bond acceptors (Lipinski definition) is 4. The summed E-state index contributed by atoms with van der Waals surface area (Å²) in [6.07, 6.45) is 3.71. The fraction of sp³-hybridized carbons (Fsp3) is 0.464. The molecule has 2 aliphatic carbocycles. The van der Waals surface area contributed by atoms with Crippen LogP contribution in [0.4, 0.5) is 4.79 Å². The summed E-state index contributed by atoms with van der Waals surface area (Å²) in [4.78, 5) is 39.7. The highest BCUT2D eigenvalue weighted by Gasteiger charge is 2.48. The Morgan fingerprint density at radius 1 is 1.00 bits per heavy atom. The molecule has 2 fully saturated rings. The number of carboxylic acid groups (broad SMARTS) is 1. The van der Waals surface area contributed by atoms with Gasteiger partial charge in [-0.05, 0) is 54.9 Å². The number of aliphatic carboxylic acids is 1. The van der Waals surface area contributed by atoms with Crippen LogP contribution in [-0.4, -0.2) is 52.7 Å². The number of rotatable bonds is 5. The summed E-state index contributed by atoms with van der Waals surface area (Å²) in [6, 6.07) is 16.0. The average molecular weight is 477 g/mol. The molecule has 0 aromatic heterocycles. The molecule has 184 valence electrons. The molecule has 1 heterocycles. The van der Waals surface area contributed by atoms with Crippen molar-refractivity contribution in [1.82, 2.24) is 10.2 Å². The Morgan fingerprint density at radius 3 is 2.29 bits per heavy atom. The lowest BCUT2D eigenvalue weighted by Gasteiger charge is -2.38. The Morgan fingerprint density at radius 2 is 1.63 bits per heavy atom. The first kappa shape index (κ1) is 23.4. The van der Waals surface area contributed by atoms with Crippen LogP contribution in [0.25, 0.3) is 11.1 Å². The Bertz CT molecular complexity index is 1100.